The molecule has 23 heavy (non-hydrogen) atoms. The molecule has 1 atom stereocenters. The lowest BCUT2D eigenvalue weighted by Gasteiger charge is -2.25. The fourth-order valence-corrected chi connectivity index (χ4v) is 3.11. The molecule has 3 rings (SSSR count). The number of amides is 3. The van der Waals surface area contributed by atoms with E-state index < -0.39 is 6.04 Å². The summed E-state index contributed by atoms with van der Waals surface area (Å²) in [4.78, 5) is 26.5. The van der Waals surface area contributed by atoms with Gasteiger partial charge in [0.15, 0.2) is 0 Å². The molecule has 1 aromatic carbocycles. The fourth-order valence-electron chi connectivity index (χ4n) is 3.11. The maximum atomic E-state index is 12.7. The molecule has 2 N–H and O–H groups in total. The summed E-state index contributed by atoms with van der Waals surface area (Å²) in [6.07, 6.45) is 0.777. The van der Waals surface area contributed by atoms with Crippen LogP contribution in [0, 0.1) is 6.92 Å². The molecule has 0 saturated heterocycles. The number of nitrogens with zero attached hydrogens (tertiary/aromatic N) is 1. The zero-order chi connectivity index (χ0) is 16.4. The van der Waals surface area contributed by atoms with Gasteiger partial charge in [0, 0.05) is 20.3 Å². The Morgan fingerprint density at radius 2 is 2.17 bits per heavy atom. The van der Waals surface area contributed by atoms with Gasteiger partial charge in [-0.25, -0.2) is 4.79 Å². The third-order valence-corrected chi connectivity index (χ3v) is 4.17. The number of carbonyl (C=O) groups excluding carboxylic acids is 2. The van der Waals surface area contributed by atoms with E-state index in [2.05, 4.69) is 10.6 Å². The SMILES string of the molecule is COCCCN1CC2=C(C1=O)[C@H](c1cccc(C)c1)NC(=O)N2. The lowest BCUT2D eigenvalue weighted by molar-refractivity contribution is -0.125. The molecule has 0 spiro atoms. The second-order valence-corrected chi connectivity index (χ2v) is 5.91. The van der Waals surface area contributed by atoms with Crippen molar-refractivity contribution < 1.29 is 14.3 Å². The highest BCUT2D eigenvalue weighted by Gasteiger charge is 2.40. The Bertz CT molecular complexity index is 669. The molecular formula is C17H21N3O3. The van der Waals surface area contributed by atoms with Crippen molar-refractivity contribution in [1.82, 2.24) is 15.5 Å². The van der Waals surface area contributed by atoms with Crippen molar-refractivity contribution in [3.05, 3.63) is 46.7 Å². The van der Waals surface area contributed by atoms with Gasteiger partial charge in [0.2, 0.25) is 0 Å². The maximum absolute atomic E-state index is 12.7. The molecule has 0 saturated carbocycles. The molecule has 6 nitrogen and oxygen atoms in total. The monoisotopic (exact) mass is 315 g/mol. The minimum absolute atomic E-state index is 0.0184. The highest BCUT2D eigenvalue weighted by Crippen LogP contribution is 2.32. The Morgan fingerprint density at radius 3 is 2.91 bits per heavy atom. The first kappa shape index (κ1) is 15.6. The Hall–Kier alpha value is -2.34. The molecular weight excluding hydrogens is 294 g/mol. The molecule has 3 amide bonds. The van der Waals surface area contributed by atoms with E-state index in [0.29, 0.717) is 31.0 Å². The molecule has 0 unspecified atom stereocenters. The third kappa shape index (κ3) is 3.07. The predicted octanol–water partition coefficient (Wildman–Crippen LogP) is 1.48. The zero-order valence-electron chi connectivity index (χ0n) is 13.4. The number of aryl methyl sites for hydroxylation is 1. The van der Waals surface area contributed by atoms with E-state index in [1.807, 2.05) is 31.2 Å². The normalized spacial score (nSPS) is 20.4. The smallest absolute Gasteiger partial charge is 0.319 e. The number of nitrogens with one attached hydrogen (secondary N) is 2. The average Bonchev–Trinajstić information content (AvgIpc) is 2.83. The van der Waals surface area contributed by atoms with Crippen molar-refractivity contribution in [2.75, 3.05) is 26.8 Å². The van der Waals surface area contributed by atoms with Gasteiger partial charge in [-0.15, -0.1) is 0 Å². The van der Waals surface area contributed by atoms with Crippen LogP contribution in [0.15, 0.2) is 35.5 Å². The quantitative estimate of drug-likeness (QED) is 0.809. The molecule has 2 heterocycles. The van der Waals surface area contributed by atoms with Gasteiger partial charge in [0.25, 0.3) is 5.91 Å². The van der Waals surface area contributed by atoms with E-state index in [1.54, 1.807) is 12.0 Å². The molecule has 2 aliphatic rings. The first-order valence-electron chi connectivity index (χ1n) is 7.75. The van der Waals surface area contributed by atoms with Gasteiger partial charge >= 0.3 is 6.03 Å². The lowest BCUT2D eigenvalue weighted by Crippen LogP contribution is -2.44. The molecule has 2 aliphatic heterocycles. The Morgan fingerprint density at radius 1 is 1.35 bits per heavy atom. The topological polar surface area (TPSA) is 70.7 Å². The van der Waals surface area contributed by atoms with Crippen LogP contribution < -0.4 is 10.6 Å². The molecule has 0 bridgehead atoms. The van der Waals surface area contributed by atoms with Crippen LogP contribution in [-0.4, -0.2) is 43.6 Å². The highest BCUT2D eigenvalue weighted by atomic mass is 16.5. The van der Waals surface area contributed by atoms with Crippen molar-refractivity contribution in [2.24, 2.45) is 0 Å². The fraction of sp³-hybridized carbons (Fsp3) is 0.412. The number of hydrogen-bond acceptors (Lipinski definition) is 3. The summed E-state index contributed by atoms with van der Waals surface area (Å²) in [5.74, 6) is -0.0184. The number of hydrogen-bond donors (Lipinski definition) is 2. The number of urea groups is 1. The average molecular weight is 315 g/mol. The van der Waals surface area contributed by atoms with E-state index in [1.165, 1.54) is 0 Å². The van der Waals surface area contributed by atoms with Gasteiger partial charge in [-0.3, -0.25) is 4.79 Å². The molecule has 6 heteroatoms. The minimum Gasteiger partial charge on any atom is -0.385 e. The van der Waals surface area contributed by atoms with Crippen molar-refractivity contribution >= 4 is 11.9 Å². The van der Waals surface area contributed by atoms with Crippen molar-refractivity contribution in [3.8, 4) is 0 Å². The Balaban J connectivity index is 1.86. The summed E-state index contributed by atoms with van der Waals surface area (Å²) in [6.45, 7) is 3.68. The summed E-state index contributed by atoms with van der Waals surface area (Å²) >= 11 is 0. The van der Waals surface area contributed by atoms with Gasteiger partial charge in [-0.1, -0.05) is 29.8 Å². The maximum Gasteiger partial charge on any atom is 0.319 e. The van der Waals surface area contributed by atoms with E-state index in [-0.39, 0.29) is 11.9 Å². The van der Waals surface area contributed by atoms with Crippen molar-refractivity contribution in [1.29, 1.82) is 0 Å². The second kappa shape index (κ2) is 6.42. The standard InChI is InChI=1S/C17H21N3O3/c1-11-5-3-6-12(9-11)15-14-13(18-17(22)19-15)10-20(16(14)21)7-4-8-23-2/h3,5-6,9,15H,4,7-8,10H2,1-2H3,(H2,18,19,22)/t15-/m0/s1. The van der Waals surface area contributed by atoms with E-state index >= 15 is 0 Å². The summed E-state index contributed by atoms with van der Waals surface area (Å²) in [6, 6.07) is 7.22. The van der Waals surface area contributed by atoms with Gasteiger partial charge < -0.3 is 20.3 Å². The second-order valence-electron chi connectivity index (χ2n) is 5.91. The van der Waals surface area contributed by atoms with Gasteiger partial charge in [-0.05, 0) is 18.9 Å². The van der Waals surface area contributed by atoms with Gasteiger partial charge in [0.05, 0.1) is 23.9 Å². The Kier molecular flexibility index (Phi) is 4.34. The zero-order valence-corrected chi connectivity index (χ0v) is 13.4. The number of ether oxygens (including phenoxy) is 1. The van der Waals surface area contributed by atoms with Crippen molar-refractivity contribution in [2.45, 2.75) is 19.4 Å². The number of benzene rings is 1. The first-order valence-corrected chi connectivity index (χ1v) is 7.75. The predicted molar refractivity (Wildman–Crippen MR) is 85.7 cm³/mol. The van der Waals surface area contributed by atoms with E-state index in [0.717, 1.165) is 17.5 Å². The van der Waals surface area contributed by atoms with Gasteiger partial charge in [0.1, 0.15) is 0 Å². The molecule has 0 radical (unpaired) electrons. The number of rotatable bonds is 5. The van der Waals surface area contributed by atoms with Crippen LogP contribution in [0.4, 0.5) is 4.79 Å². The lowest BCUT2D eigenvalue weighted by atomic mass is 9.95. The molecule has 0 fully saturated rings. The van der Waals surface area contributed by atoms with E-state index in [4.69, 9.17) is 4.74 Å². The largest absolute Gasteiger partial charge is 0.385 e. The van der Waals surface area contributed by atoms with Gasteiger partial charge in [-0.2, -0.15) is 0 Å². The molecule has 1 aromatic rings. The highest BCUT2D eigenvalue weighted by molar-refractivity contribution is 6.01. The third-order valence-electron chi connectivity index (χ3n) is 4.17. The number of carbonyl (C=O) groups is 2. The molecule has 122 valence electrons. The van der Waals surface area contributed by atoms with E-state index in [9.17, 15) is 9.59 Å². The summed E-state index contributed by atoms with van der Waals surface area (Å²) in [5.41, 5.74) is 3.38. The summed E-state index contributed by atoms with van der Waals surface area (Å²) in [7, 11) is 1.65. The Labute approximate surface area is 135 Å². The van der Waals surface area contributed by atoms with Crippen LogP contribution in [0.25, 0.3) is 0 Å². The minimum atomic E-state index is -0.390. The van der Waals surface area contributed by atoms with Crippen LogP contribution in [0.3, 0.4) is 0 Å². The number of methoxy groups -OCH3 is 1. The summed E-state index contributed by atoms with van der Waals surface area (Å²) < 4.78 is 5.04. The first-order chi connectivity index (χ1) is 11.1. The van der Waals surface area contributed by atoms with Crippen LogP contribution in [0.2, 0.25) is 0 Å². The van der Waals surface area contributed by atoms with Crippen LogP contribution in [0.1, 0.15) is 23.6 Å². The van der Waals surface area contributed by atoms with Crippen LogP contribution in [-0.2, 0) is 9.53 Å². The van der Waals surface area contributed by atoms with Crippen LogP contribution >= 0.6 is 0 Å². The van der Waals surface area contributed by atoms with Crippen molar-refractivity contribution in [3.63, 3.8) is 0 Å². The van der Waals surface area contributed by atoms with Crippen LogP contribution in [0.5, 0.6) is 0 Å². The molecule has 0 aromatic heterocycles. The molecule has 0 aliphatic carbocycles. The summed E-state index contributed by atoms with van der Waals surface area (Å²) in [5, 5.41) is 5.65.